The van der Waals surface area contributed by atoms with Crippen LogP contribution in [0.2, 0.25) is 0 Å². The van der Waals surface area contributed by atoms with E-state index >= 15 is 0 Å². The van der Waals surface area contributed by atoms with Gasteiger partial charge in [0.2, 0.25) is 0 Å². The van der Waals surface area contributed by atoms with E-state index in [0.717, 1.165) is 0 Å². The molecular weight excluding hydrogens is 294 g/mol. The molecule has 1 amide bonds. The number of rotatable bonds is 8. The zero-order valence-electron chi connectivity index (χ0n) is 14.6. The van der Waals surface area contributed by atoms with Crippen LogP contribution in [0.25, 0.3) is 0 Å². The van der Waals surface area contributed by atoms with Crippen molar-refractivity contribution in [2.75, 3.05) is 13.2 Å². The molecule has 128 valence electrons. The number of esters is 1. The van der Waals surface area contributed by atoms with Crippen molar-refractivity contribution >= 4 is 11.9 Å². The molecule has 0 aliphatic carbocycles. The van der Waals surface area contributed by atoms with E-state index in [4.69, 9.17) is 9.47 Å². The molecule has 0 aromatic heterocycles. The molecule has 0 bridgehead atoms. The summed E-state index contributed by atoms with van der Waals surface area (Å²) < 4.78 is 10.6. The largest absolute Gasteiger partial charge is 0.493 e. The van der Waals surface area contributed by atoms with E-state index in [9.17, 15) is 9.59 Å². The van der Waals surface area contributed by atoms with Crippen molar-refractivity contribution < 1.29 is 19.1 Å². The molecule has 1 aromatic carbocycles. The Morgan fingerprint density at radius 1 is 1.13 bits per heavy atom. The molecule has 0 aliphatic rings. The third-order valence-corrected chi connectivity index (χ3v) is 3.38. The summed E-state index contributed by atoms with van der Waals surface area (Å²) in [5, 5.41) is 2.79. The first kappa shape index (κ1) is 19.0. The second-order valence-electron chi connectivity index (χ2n) is 6.41. The third kappa shape index (κ3) is 7.17. The fourth-order valence-electron chi connectivity index (χ4n) is 1.65. The van der Waals surface area contributed by atoms with Gasteiger partial charge in [0.05, 0.1) is 12.2 Å². The van der Waals surface area contributed by atoms with E-state index in [1.165, 1.54) is 0 Å². The van der Waals surface area contributed by atoms with E-state index in [1.54, 1.807) is 24.3 Å². The highest BCUT2D eigenvalue weighted by Gasteiger charge is 2.14. The quantitative estimate of drug-likeness (QED) is 0.748. The van der Waals surface area contributed by atoms with Crippen LogP contribution in [0.1, 0.15) is 45.0 Å². The summed E-state index contributed by atoms with van der Waals surface area (Å²) in [4.78, 5) is 23.7. The number of amides is 1. The van der Waals surface area contributed by atoms with Gasteiger partial charge >= 0.3 is 5.97 Å². The van der Waals surface area contributed by atoms with Crippen molar-refractivity contribution in [2.24, 2.45) is 11.8 Å². The van der Waals surface area contributed by atoms with Gasteiger partial charge in [-0.15, -0.1) is 0 Å². The minimum atomic E-state index is -0.535. The summed E-state index contributed by atoms with van der Waals surface area (Å²) in [6.45, 7) is 10.3. The van der Waals surface area contributed by atoms with Crippen LogP contribution in [0.5, 0.6) is 5.75 Å². The molecule has 1 N–H and O–H groups in total. The Balaban J connectivity index is 2.51. The van der Waals surface area contributed by atoms with E-state index in [1.807, 2.05) is 20.8 Å². The van der Waals surface area contributed by atoms with Gasteiger partial charge in [-0.25, -0.2) is 4.79 Å². The van der Waals surface area contributed by atoms with Gasteiger partial charge in [0.25, 0.3) is 5.91 Å². The lowest BCUT2D eigenvalue weighted by atomic mass is 10.1. The van der Waals surface area contributed by atoms with Crippen molar-refractivity contribution in [1.82, 2.24) is 5.32 Å². The van der Waals surface area contributed by atoms with E-state index in [-0.39, 0.29) is 18.6 Å². The highest BCUT2D eigenvalue weighted by atomic mass is 16.5. The third-order valence-electron chi connectivity index (χ3n) is 3.38. The van der Waals surface area contributed by atoms with Crippen LogP contribution in [0.3, 0.4) is 0 Å². The van der Waals surface area contributed by atoms with Gasteiger partial charge < -0.3 is 14.8 Å². The first-order chi connectivity index (χ1) is 10.8. The van der Waals surface area contributed by atoms with Gasteiger partial charge in [-0.2, -0.15) is 0 Å². The van der Waals surface area contributed by atoms with Crippen LogP contribution < -0.4 is 10.1 Å². The van der Waals surface area contributed by atoms with Gasteiger partial charge in [0.1, 0.15) is 5.75 Å². The predicted molar refractivity (Wildman–Crippen MR) is 89.5 cm³/mol. The number of nitrogens with one attached hydrogen (secondary N) is 1. The topological polar surface area (TPSA) is 64.6 Å². The van der Waals surface area contributed by atoms with Gasteiger partial charge in [-0.1, -0.05) is 33.8 Å². The lowest BCUT2D eigenvalue weighted by Gasteiger charge is -2.17. The van der Waals surface area contributed by atoms with Crippen LogP contribution in [-0.2, 0) is 9.53 Å². The van der Waals surface area contributed by atoms with Gasteiger partial charge in [0.15, 0.2) is 6.61 Å². The summed E-state index contributed by atoms with van der Waals surface area (Å²) in [5.41, 5.74) is 0.371. The molecule has 1 aromatic rings. The monoisotopic (exact) mass is 321 g/mol. The van der Waals surface area contributed by atoms with Crippen molar-refractivity contribution in [3.05, 3.63) is 29.8 Å². The van der Waals surface area contributed by atoms with Crippen molar-refractivity contribution in [1.29, 1.82) is 0 Å². The summed E-state index contributed by atoms with van der Waals surface area (Å²) in [5.74, 6) is 0.506. The number of benzene rings is 1. The molecule has 0 heterocycles. The van der Waals surface area contributed by atoms with Crippen LogP contribution in [0.4, 0.5) is 0 Å². The Hall–Kier alpha value is -2.04. The van der Waals surface area contributed by atoms with Gasteiger partial charge in [0, 0.05) is 6.04 Å². The summed E-state index contributed by atoms with van der Waals surface area (Å²) >= 11 is 0. The normalized spacial score (nSPS) is 12.1. The number of ether oxygens (including phenoxy) is 2. The fraction of sp³-hybridized carbons (Fsp3) is 0.556. The van der Waals surface area contributed by atoms with Gasteiger partial charge in [-0.3, -0.25) is 4.79 Å². The Kier molecular flexibility index (Phi) is 7.59. The van der Waals surface area contributed by atoms with Crippen molar-refractivity contribution in [3.63, 3.8) is 0 Å². The van der Waals surface area contributed by atoms with E-state index < -0.39 is 5.97 Å². The minimum Gasteiger partial charge on any atom is -0.493 e. The fourth-order valence-corrected chi connectivity index (χ4v) is 1.65. The molecule has 5 heteroatoms. The van der Waals surface area contributed by atoms with Gasteiger partial charge in [-0.05, 0) is 37.0 Å². The minimum absolute atomic E-state index is 0.0361. The second-order valence-corrected chi connectivity index (χ2v) is 6.41. The maximum atomic E-state index is 12.0. The van der Waals surface area contributed by atoms with Crippen LogP contribution >= 0.6 is 0 Å². The highest BCUT2D eigenvalue weighted by molar-refractivity contribution is 5.91. The molecule has 0 spiro atoms. The Bertz CT molecular complexity index is 526. The summed E-state index contributed by atoms with van der Waals surface area (Å²) in [7, 11) is 0. The Morgan fingerprint density at radius 2 is 1.83 bits per heavy atom. The zero-order valence-corrected chi connectivity index (χ0v) is 14.6. The predicted octanol–water partition coefficient (Wildman–Crippen LogP) is 3.04. The van der Waals surface area contributed by atoms with Crippen LogP contribution in [-0.4, -0.2) is 31.1 Å². The molecule has 23 heavy (non-hydrogen) atoms. The molecule has 0 radical (unpaired) electrons. The zero-order chi connectivity index (χ0) is 17.4. The lowest BCUT2D eigenvalue weighted by Crippen LogP contribution is -2.38. The molecule has 0 saturated heterocycles. The molecule has 1 unspecified atom stereocenters. The Morgan fingerprint density at radius 3 is 2.43 bits per heavy atom. The maximum absolute atomic E-state index is 12.0. The van der Waals surface area contributed by atoms with E-state index in [2.05, 4.69) is 19.2 Å². The van der Waals surface area contributed by atoms with Crippen molar-refractivity contribution in [3.8, 4) is 5.75 Å². The standard InChI is InChI=1S/C18H27NO4/c1-12(2)10-22-16-8-6-7-15(9-16)18(21)23-11-17(20)19-14(5)13(3)4/h6-9,12-14H,10-11H2,1-5H3,(H,19,20). The SMILES string of the molecule is CC(C)COc1cccc(C(=O)OCC(=O)NC(C)C(C)C)c1. The molecule has 1 rings (SSSR count). The molecule has 0 fully saturated rings. The summed E-state index contributed by atoms with van der Waals surface area (Å²) in [6, 6.07) is 6.82. The first-order valence-electron chi connectivity index (χ1n) is 7.99. The lowest BCUT2D eigenvalue weighted by molar-refractivity contribution is -0.125. The number of hydrogen-bond acceptors (Lipinski definition) is 4. The average molecular weight is 321 g/mol. The number of hydrogen-bond donors (Lipinski definition) is 1. The second kappa shape index (κ2) is 9.18. The molecule has 0 aliphatic heterocycles. The van der Waals surface area contributed by atoms with Crippen LogP contribution in [0, 0.1) is 11.8 Å². The summed E-state index contributed by atoms with van der Waals surface area (Å²) in [6.07, 6.45) is 0. The molecular formula is C18H27NO4. The number of carbonyl (C=O) groups is 2. The van der Waals surface area contributed by atoms with Crippen LogP contribution in [0.15, 0.2) is 24.3 Å². The molecule has 1 atom stereocenters. The highest BCUT2D eigenvalue weighted by Crippen LogP contribution is 2.15. The van der Waals surface area contributed by atoms with E-state index in [0.29, 0.717) is 29.8 Å². The van der Waals surface area contributed by atoms with Crippen molar-refractivity contribution in [2.45, 2.75) is 40.7 Å². The Labute approximate surface area is 138 Å². The molecule has 0 saturated carbocycles. The number of carbonyl (C=O) groups excluding carboxylic acids is 2. The first-order valence-corrected chi connectivity index (χ1v) is 7.99. The molecule has 5 nitrogen and oxygen atoms in total. The smallest absolute Gasteiger partial charge is 0.338 e. The average Bonchev–Trinajstić information content (AvgIpc) is 2.50. The maximum Gasteiger partial charge on any atom is 0.338 e.